The van der Waals surface area contributed by atoms with E-state index < -0.39 is 0 Å². The third-order valence-electron chi connectivity index (χ3n) is 6.17. The maximum atomic E-state index is 12.9. The molecule has 174 valence electrons. The normalized spacial score (nSPS) is 14.4. The fourth-order valence-corrected chi connectivity index (χ4v) is 5.14. The molecule has 2 aromatic carbocycles. The van der Waals surface area contributed by atoms with Crippen LogP contribution in [0.1, 0.15) is 18.4 Å². The van der Waals surface area contributed by atoms with Crippen molar-refractivity contribution < 1.29 is 9.53 Å². The van der Waals surface area contributed by atoms with E-state index in [0.29, 0.717) is 27.9 Å². The Labute approximate surface area is 202 Å². The Hall–Kier alpha value is -3.46. The number of ether oxygens (including phenoxy) is 1. The first-order chi connectivity index (χ1) is 16.7. The Morgan fingerprint density at radius 3 is 2.71 bits per heavy atom. The Balaban J connectivity index is 1.21. The molecule has 5 rings (SSSR count). The van der Waals surface area contributed by atoms with E-state index in [2.05, 4.69) is 44.5 Å². The van der Waals surface area contributed by atoms with Crippen LogP contribution in [0, 0.1) is 5.92 Å². The van der Waals surface area contributed by atoms with Crippen molar-refractivity contribution in [2.45, 2.75) is 24.3 Å². The summed E-state index contributed by atoms with van der Waals surface area (Å²) in [5.74, 6) is 1.81. The molecule has 0 radical (unpaired) electrons. The molecular weight excluding hydrogens is 448 g/mol. The van der Waals surface area contributed by atoms with Crippen LogP contribution in [0.4, 0.5) is 0 Å². The van der Waals surface area contributed by atoms with E-state index in [1.165, 1.54) is 23.7 Å². The number of amides is 1. The molecule has 0 N–H and O–H groups in total. The van der Waals surface area contributed by atoms with Gasteiger partial charge in [0.15, 0.2) is 11.2 Å². The van der Waals surface area contributed by atoms with Crippen LogP contribution in [0.25, 0.3) is 16.9 Å². The van der Waals surface area contributed by atoms with E-state index in [-0.39, 0.29) is 5.91 Å². The topological polar surface area (TPSA) is 86.0 Å². The predicted octanol–water partition coefficient (Wildman–Crippen LogP) is 3.79. The molecule has 0 saturated carbocycles. The van der Waals surface area contributed by atoms with E-state index in [1.807, 2.05) is 35.2 Å². The van der Waals surface area contributed by atoms with E-state index in [4.69, 9.17) is 4.74 Å². The van der Waals surface area contributed by atoms with Crippen LogP contribution in [0.15, 0.2) is 66.0 Å². The van der Waals surface area contributed by atoms with Crippen molar-refractivity contribution in [3.63, 3.8) is 0 Å². The minimum Gasteiger partial charge on any atom is -0.497 e. The van der Waals surface area contributed by atoms with Crippen molar-refractivity contribution in [1.82, 2.24) is 29.9 Å². The highest BCUT2D eigenvalue weighted by atomic mass is 32.2. The Bertz CT molecular complexity index is 1270. The molecule has 0 spiro atoms. The van der Waals surface area contributed by atoms with Crippen LogP contribution in [-0.2, 0) is 11.2 Å². The summed E-state index contributed by atoms with van der Waals surface area (Å²) < 4.78 is 6.96. The van der Waals surface area contributed by atoms with Gasteiger partial charge in [-0.25, -0.2) is 9.97 Å². The monoisotopic (exact) mass is 474 g/mol. The van der Waals surface area contributed by atoms with Gasteiger partial charge in [0.05, 0.1) is 18.6 Å². The van der Waals surface area contributed by atoms with Crippen molar-refractivity contribution in [3.05, 3.63) is 66.5 Å². The van der Waals surface area contributed by atoms with Gasteiger partial charge in [-0.15, -0.1) is 5.10 Å². The van der Waals surface area contributed by atoms with Crippen molar-refractivity contribution in [1.29, 1.82) is 0 Å². The van der Waals surface area contributed by atoms with Crippen molar-refractivity contribution >= 4 is 28.8 Å². The van der Waals surface area contributed by atoms with E-state index >= 15 is 0 Å². The van der Waals surface area contributed by atoms with Crippen LogP contribution < -0.4 is 4.74 Å². The summed E-state index contributed by atoms with van der Waals surface area (Å²) in [6, 6.07) is 18.1. The first-order valence-electron chi connectivity index (χ1n) is 11.4. The lowest BCUT2D eigenvalue weighted by molar-refractivity contribution is -0.129. The Kier molecular flexibility index (Phi) is 6.71. The fraction of sp³-hybridized carbons (Fsp3) is 0.320. The largest absolute Gasteiger partial charge is 0.497 e. The van der Waals surface area contributed by atoms with Crippen molar-refractivity contribution in [2.75, 3.05) is 26.0 Å². The number of piperidine rings is 1. The fourth-order valence-electron chi connectivity index (χ4n) is 4.31. The third-order valence-corrected chi connectivity index (χ3v) is 7.13. The number of hydrogen-bond donors (Lipinski definition) is 0. The molecule has 0 bridgehead atoms. The molecule has 9 heteroatoms. The molecule has 0 aliphatic carbocycles. The second-order valence-corrected chi connectivity index (χ2v) is 9.32. The SMILES string of the molecule is COc1cccc(-n2nnc3c(SCC(=O)N4CCC(Cc5ccccc5)CC4)ncnc32)c1. The number of thioether (sulfide) groups is 1. The summed E-state index contributed by atoms with van der Waals surface area (Å²) in [6.07, 6.45) is 4.65. The van der Waals surface area contributed by atoms with Crippen molar-refractivity contribution in [3.8, 4) is 11.4 Å². The lowest BCUT2D eigenvalue weighted by Crippen LogP contribution is -2.39. The first kappa shape index (κ1) is 22.3. The zero-order valence-electron chi connectivity index (χ0n) is 19.0. The Morgan fingerprint density at radius 1 is 1.09 bits per heavy atom. The molecule has 3 heterocycles. The molecule has 4 aromatic rings. The van der Waals surface area contributed by atoms with E-state index in [0.717, 1.165) is 43.8 Å². The van der Waals surface area contributed by atoms with Gasteiger partial charge in [0.2, 0.25) is 5.91 Å². The quantitative estimate of drug-likeness (QED) is 0.297. The molecule has 1 aliphatic rings. The van der Waals surface area contributed by atoms with Crippen LogP contribution >= 0.6 is 11.8 Å². The minimum atomic E-state index is 0.134. The van der Waals surface area contributed by atoms with Gasteiger partial charge in [0.25, 0.3) is 0 Å². The molecule has 0 atom stereocenters. The zero-order valence-corrected chi connectivity index (χ0v) is 19.8. The van der Waals surface area contributed by atoms with Crippen molar-refractivity contribution in [2.24, 2.45) is 5.92 Å². The number of hydrogen-bond acceptors (Lipinski definition) is 7. The number of rotatable bonds is 7. The Morgan fingerprint density at radius 2 is 1.91 bits per heavy atom. The highest BCUT2D eigenvalue weighted by Crippen LogP contribution is 2.27. The summed E-state index contributed by atoms with van der Waals surface area (Å²) in [4.78, 5) is 23.6. The molecule has 34 heavy (non-hydrogen) atoms. The van der Waals surface area contributed by atoms with Gasteiger partial charge in [-0.1, -0.05) is 53.4 Å². The molecule has 1 fully saturated rings. The van der Waals surface area contributed by atoms with Crippen LogP contribution in [0.5, 0.6) is 5.75 Å². The van der Waals surface area contributed by atoms with Crippen LogP contribution in [0.3, 0.4) is 0 Å². The number of fused-ring (bicyclic) bond motifs is 1. The van der Waals surface area contributed by atoms with Gasteiger partial charge in [0.1, 0.15) is 17.1 Å². The first-order valence-corrected chi connectivity index (χ1v) is 12.3. The summed E-state index contributed by atoms with van der Waals surface area (Å²) in [5.41, 5.74) is 3.35. The molecule has 8 nitrogen and oxygen atoms in total. The van der Waals surface area contributed by atoms with E-state index in [9.17, 15) is 4.79 Å². The number of carbonyl (C=O) groups excluding carboxylic acids is 1. The highest BCUT2D eigenvalue weighted by molar-refractivity contribution is 8.00. The molecular formula is C25H26N6O2S. The maximum Gasteiger partial charge on any atom is 0.232 e. The molecule has 0 unspecified atom stereocenters. The smallest absolute Gasteiger partial charge is 0.232 e. The van der Waals surface area contributed by atoms with E-state index in [1.54, 1.807) is 11.8 Å². The second kappa shape index (κ2) is 10.2. The number of carbonyl (C=O) groups is 1. The summed E-state index contributed by atoms with van der Waals surface area (Å²) >= 11 is 1.39. The third kappa shape index (κ3) is 4.89. The maximum absolute atomic E-state index is 12.9. The lowest BCUT2D eigenvalue weighted by Gasteiger charge is -2.32. The number of nitrogens with zero attached hydrogens (tertiary/aromatic N) is 6. The summed E-state index contributed by atoms with van der Waals surface area (Å²) in [7, 11) is 1.62. The number of aromatic nitrogens is 5. The predicted molar refractivity (Wildman–Crippen MR) is 131 cm³/mol. The molecule has 2 aromatic heterocycles. The van der Waals surface area contributed by atoms with Gasteiger partial charge >= 0.3 is 0 Å². The number of benzene rings is 2. The van der Waals surface area contributed by atoms with Crippen LogP contribution in [-0.4, -0.2) is 61.7 Å². The molecule has 1 saturated heterocycles. The number of methoxy groups -OCH3 is 1. The van der Waals surface area contributed by atoms with Gasteiger partial charge < -0.3 is 9.64 Å². The molecule has 1 amide bonds. The zero-order chi connectivity index (χ0) is 23.3. The lowest BCUT2D eigenvalue weighted by atomic mass is 9.90. The van der Waals surface area contributed by atoms with Crippen LogP contribution in [0.2, 0.25) is 0 Å². The molecule has 1 aliphatic heterocycles. The summed E-state index contributed by atoms with van der Waals surface area (Å²) in [5, 5.41) is 9.21. The summed E-state index contributed by atoms with van der Waals surface area (Å²) in [6.45, 7) is 1.62. The second-order valence-electron chi connectivity index (χ2n) is 8.36. The highest BCUT2D eigenvalue weighted by Gasteiger charge is 2.23. The van der Waals surface area contributed by atoms with Gasteiger partial charge in [0, 0.05) is 19.2 Å². The average molecular weight is 475 g/mol. The van der Waals surface area contributed by atoms with Gasteiger partial charge in [-0.2, -0.15) is 4.68 Å². The van der Waals surface area contributed by atoms with Gasteiger partial charge in [-0.05, 0) is 42.9 Å². The number of likely N-dealkylation sites (tertiary alicyclic amines) is 1. The minimum absolute atomic E-state index is 0.134. The van der Waals surface area contributed by atoms with Gasteiger partial charge in [-0.3, -0.25) is 4.79 Å². The standard InChI is InChI=1S/C25H26N6O2S/c1-33-21-9-5-8-20(15-21)31-24-23(28-29-31)25(27-17-26-24)34-16-22(32)30-12-10-19(11-13-30)14-18-6-3-2-4-7-18/h2-9,15,17,19H,10-14,16H2,1H3. The average Bonchev–Trinajstić information content (AvgIpc) is 3.33.